The second-order valence-corrected chi connectivity index (χ2v) is 6.93. The molecule has 1 aliphatic heterocycles. The van der Waals surface area contributed by atoms with Crippen molar-refractivity contribution < 1.29 is 14.4 Å². The first-order valence-electron chi connectivity index (χ1n) is 8.18. The second-order valence-electron chi connectivity index (χ2n) is 6.93. The molecule has 1 saturated carbocycles. The molecule has 0 radical (unpaired) electrons. The second kappa shape index (κ2) is 6.26. The maximum Gasteiger partial charge on any atom is 0.327 e. The summed E-state index contributed by atoms with van der Waals surface area (Å²) in [7, 11) is 1.68. The lowest BCUT2D eigenvalue weighted by Gasteiger charge is -2.35. The van der Waals surface area contributed by atoms with E-state index in [2.05, 4.69) is 5.32 Å². The molecule has 0 aromatic heterocycles. The summed E-state index contributed by atoms with van der Waals surface area (Å²) in [6.07, 6.45) is 4.41. The lowest BCUT2D eigenvalue weighted by Crippen LogP contribution is -2.50. The molecular weight excluding hydrogens is 282 g/mol. The fraction of sp³-hybridized carbons (Fsp3) is 0.812. The van der Waals surface area contributed by atoms with Crippen LogP contribution < -0.4 is 5.32 Å². The molecule has 6 nitrogen and oxygen atoms in total. The molecule has 1 heterocycles. The molecule has 1 spiro atoms. The van der Waals surface area contributed by atoms with E-state index in [0.29, 0.717) is 18.8 Å². The zero-order valence-electron chi connectivity index (χ0n) is 14.0. The third kappa shape index (κ3) is 2.83. The van der Waals surface area contributed by atoms with Gasteiger partial charge in [-0.2, -0.15) is 0 Å². The Hall–Kier alpha value is -1.59. The molecule has 1 aliphatic carbocycles. The molecule has 0 aromatic carbocycles. The molecule has 1 unspecified atom stereocenters. The number of urea groups is 1. The fourth-order valence-corrected chi connectivity index (χ4v) is 3.28. The van der Waals surface area contributed by atoms with E-state index in [-0.39, 0.29) is 30.4 Å². The Morgan fingerprint density at radius 1 is 1.18 bits per heavy atom. The number of nitrogens with one attached hydrogen (secondary N) is 1. The predicted octanol–water partition coefficient (Wildman–Crippen LogP) is 1.74. The summed E-state index contributed by atoms with van der Waals surface area (Å²) in [5.41, 5.74) is -0.709. The molecule has 1 saturated heterocycles. The number of carbonyl (C=O) groups is 3. The summed E-state index contributed by atoms with van der Waals surface area (Å²) >= 11 is 0. The van der Waals surface area contributed by atoms with E-state index in [1.807, 2.05) is 20.8 Å². The summed E-state index contributed by atoms with van der Waals surface area (Å²) in [6.45, 7) is 5.77. The van der Waals surface area contributed by atoms with Gasteiger partial charge in [-0.1, -0.05) is 33.1 Å². The van der Waals surface area contributed by atoms with E-state index in [1.54, 1.807) is 11.9 Å². The van der Waals surface area contributed by atoms with Gasteiger partial charge in [-0.3, -0.25) is 14.5 Å². The van der Waals surface area contributed by atoms with Crippen LogP contribution >= 0.6 is 0 Å². The van der Waals surface area contributed by atoms with Crippen LogP contribution in [0.1, 0.15) is 52.9 Å². The van der Waals surface area contributed by atoms with Crippen LogP contribution in [0.15, 0.2) is 0 Å². The highest BCUT2D eigenvalue weighted by molar-refractivity contribution is 6.08. The third-order valence-corrected chi connectivity index (χ3v) is 5.17. The summed E-state index contributed by atoms with van der Waals surface area (Å²) in [5.74, 6) is -0.169. The van der Waals surface area contributed by atoms with Crippen molar-refractivity contribution in [3.8, 4) is 0 Å². The molecule has 22 heavy (non-hydrogen) atoms. The number of hydrogen-bond acceptors (Lipinski definition) is 3. The van der Waals surface area contributed by atoms with Crippen LogP contribution in [0.2, 0.25) is 0 Å². The molecular formula is C16H27N3O3. The smallest absolute Gasteiger partial charge is 0.327 e. The Kier molecular flexibility index (Phi) is 4.78. The van der Waals surface area contributed by atoms with E-state index in [4.69, 9.17) is 0 Å². The number of imide groups is 1. The lowest BCUT2D eigenvalue weighted by molar-refractivity contribution is -0.137. The van der Waals surface area contributed by atoms with Gasteiger partial charge >= 0.3 is 6.03 Å². The van der Waals surface area contributed by atoms with Gasteiger partial charge in [-0.05, 0) is 25.7 Å². The van der Waals surface area contributed by atoms with Crippen molar-refractivity contribution in [3.05, 3.63) is 0 Å². The molecule has 4 amide bonds. The summed E-state index contributed by atoms with van der Waals surface area (Å²) in [4.78, 5) is 39.9. The minimum atomic E-state index is -0.709. The Labute approximate surface area is 132 Å². The largest absolute Gasteiger partial charge is 0.352 e. The van der Waals surface area contributed by atoms with Gasteiger partial charge in [0.15, 0.2) is 0 Å². The van der Waals surface area contributed by atoms with Gasteiger partial charge in [0.25, 0.3) is 5.91 Å². The Morgan fingerprint density at radius 3 is 2.32 bits per heavy atom. The monoisotopic (exact) mass is 309 g/mol. The standard InChI is InChI=1S/C16H27N3O3/c1-11(2)12(3)17-13(20)10-19-14(21)16(18(4)15(19)22)8-6-5-7-9-16/h11-12H,5-10H2,1-4H3,(H,17,20). The van der Waals surface area contributed by atoms with E-state index in [9.17, 15) is 14.4 Å². The van der Waals surface area contributed by atoms with Crippen molar-refractivity contribution in [2.45, 2.75) is 64.5 Å². The number of amides is 4. The highest BCUT2D eigenvalue weighted by atomic mass is 16.2. The van der Waals surface area contributed by atoms with E-state index in [0.717, 1.165) is 24.2 Å². The van der Waals surface area contributed by atoms with Crippen LogP contribution in [-0.2, 0) is 9.59 Å². The average Bonchev–Trinajstić information content (AvgIpc) is 2.64. The predicted molar refractivity (Wildman–Crippen MR) is 83.1 cm³/mol. The maximum absolute atomic E-state index is 12.7. The lowest BCUT2D eigenvalue weighted by atomic mass is 9.81. The van der Waals surface area contributed by atoms with Crippen molar-refractivity contribution >= 4 is 17.8 Å². The average molecular weight is 309 g/mol. The van der Waals surface area contributed by atoms with Gasteiger partial charge in [0, 0.05) is 13.1 Å². The van der Waals surface area contributed by atoms with Gasteiger partial charge in [-0.15, -0.1) is 0 Å². The minimum absolute atomic E-state index is 0.0154. The number of hydrogen-bond donors (Lipinski definition) is 1. The summed E-state index contributed by atoms with van der Waals surface area (Å²) < 4.78 is 0. The van der Waals surface area contributed by atoms with Crippen LogP contribution in [0, 0.1) is 5.92 Å². The first kappa shape index (κ1) is 16.8. The Bertz CT molecular complexity index is 469. The van der Waals surface area contributed by atoms with Crippen molar-refractivity contribution in [3.63, 3.8) is 0 Å². The van der Waals surface area contributed by atoms with E-state index < -0.39 is 5.54 Å². The first-order chi connectivity index (χ1) is 10.3. The van der Waals surface area contributed by atoms with Crippen LogP contribution in [0.4, 0.5) is 4.79 Å². The fourth-order valence-electron chi connectivity index (χ4n) is 3.28. The number of carbonyl (C=O) groups excluding carboxylic acids is 3. The molecule has 6 heteroatoms. The quantitative estimate of drug-likeness (QED) is 0.804. The maximum atomic E-state index is 12.7. The van der Waals surface area contributed by atoms with Crippen LogP contribution in [0.25, 0.3) is 0 Å². The van der Waals surface area contributed by atoms with E-state index >= 15 is 0 Å². The third-order valence-electron chi connectivity index (χ3n) is 5.17. The Balaban J connectivity index is 2.07. The van der Waals surface area contributed by atoms with E-state index in [1.165, 1.54) is 0 Å². The van der Waals surface area contributed by atoms with Gasteiger partial charge < -0.3 is 10.2 Å². The molecule has 1 N–H and O–H groups in total. The van der Waals surface area contributed by atoms with Crippen molar-refractivity contribution in [2.24, 2.45) is 5.92 Å². The summed E-state index contributed by atoms with van der Waals surface area (Å²) in [5, 5.41) is 2.85. The van der Waals surface area contributed by atoms with Crippen LogP contribution in [0.5, 0.6) is 0 Å². The van der Waals surface area contributed by atoms with Crippen molar-refractivity contribution in [1.82, 2.24) is 15.1 Å². The molecule has 0 bridgehead atoms. The molecule has 2 fully saturated rings. The summed E-state index contributed by atoms with van der Waals surface area (Å²) in [6, 6.07) is -0.332. The number of likely N-dealkylation sites (N-methyl/N-ethyl adjacent to an activating group) is 1. The van der Waals surface area contributed by atoms with Crippen LogP contribution in [-0.4, -0.2) is 52.8 Å². The Morgan fingerprint density at radius 2 is 1.77 bits per heavy atom. The number of nitrogens with zero attached hydrogens (tertiary/aromatic N) is 2. The number of rotatable bonds is 4. The highest BCUT2D eigenvalue weighted by Crippen LogP contribution is 2.39. The molecule has 124 valence electrons. The van der Waals surface area contributed by atoms with Gasteiger partial charge in [0.1, 0.15) is 12.1 Å². The zero-order chi connectivity index (χ0) is 16.5. The normalized spacial score (nSPS) is 22.6. The minimum Gasteiger partial charge on any atom is -0.352 e. The van der Waals surface area contributed by atoms with Crippen molar-refractivity contribution in [2.75, 3.05) is 13.6 Å². The van der Waals surface area contributed by atoms with Crippen molar-refractivity contribution in [1.29, 1.82) is 0 Å². The van der Waals surface area contributed by atoms with Crippen LogP contribution in [0.3, 0.4) is 0 Å². The van der Waals surface area contributed by atoms with Gasteiger partial charge in [0.2, 0.25) is 5.91 Å². The molecule has 2 rings (SSSR count). The zero-order valence-corrected chi connectivity index (χ0v) is 14.0. The first-order valence-corrected chi connectivity index (χ1v) is 8.18. The molecule has 2 aliphatic rings. The molecule has 0 aromatic rings. The topological polar surface area (TPSA) is 69.7 Å². The van der Waals surface area contributed by atoms with Gasteiger partial charge in [-0.25, -0.2) is 4.79 Å². The SMILES string of the molecule is CC(C)C(C)NC(=O)CN1C(=O)N(C)C2(CCCCC2)C1=O. The molecule has 1 atom stereocenters. The highest BCUT2D eigenvalue weighted by Gasteiger charge is 2.55. The van der Waals surface area contributed by atoms with Gasteiger partial charge in [0.05, 0.1) is 0 Å².